The maximum Gasteiger partial charge on any atom is 0.279 e. The fraction of sp³-hybridized carbons (Fsp3) is 0.500. The molecule has 3 aromatic rings. The fourth-order valence-electron chi connectivity index (χ4n) is 5.26. The lowest BCUT2D eigenvalue weighted by molar-refractivity contribution is -0.142. The van der Waals surface area contributed by atoms with Crippen LogP contribution >= 0.6 is 0 Å². The van der Waals surface area contributed by atoms with Crippen molar-refractivity contribution < 1.29 is 14.3 Å². The van der Waals surface area contributed by atoms with Gasteiger partial charge in [0.25, 0.3) is 5.56 Å². The van der Waals surface area contributed by atoms with Gasteiger partial charge in [0.15, 0.2) is 5.52 Å². The average molecular weight is 437 g/mol. The molecule has 4 heterocycles. The molecule has 2 unspecified atom stereocenters. The van der Waals surface area contributed by atoms with Crippen molar-refractivity contribution in [3.8, 4) is 0 Å². The number of aliphatic hydroxyl groups is 1. The Morgan fingerprint density at radius 3 is 2.78 bits per heavy atom. The predicted octanol–water partition coefficient (Wildman–Crippen LogP) is 2.71. The molecule has 32 heavy (non-hydrogen) atoms. The molecule has 1 saturated carbocycles. The summed E-state index contributed by atoms with van der Waals surface area (Å²) in [6, 6.07) is 5.45. The Hall–Kier alpha value is -3.00. The van der Waals surface area contributed by atoms with E-state index in [-0.39, 0.29) is 29.8 Å². The zero-order valence-electron chi connectivity index (χ0n) is 18.0. The van der Waals surface area contributed by atoms with Gasteiger partial charge in [-0.25, -0.2) is 9.97 Å². The molecule has 2 fully saturated rings. The molecule has 1 amide bonds. The maximum absolute atomic E-state index is 13.4. The summed E-state index contributed by atoms with van der Waals surface area (Å²) in [6.07, 6.45) is 11.4. The van der Waals surface area contributed by atoms with Crippen LogP contribution in [0.5, 0.6) is 0 Å². The smallest absolute Gasteiger partial charge is 0.279 e. The highest BCUT2D eigenvalue weighted by Crippen LogP contribution is 2.39. The zero-order chi connectivity index (χ0) is 22.1. The van der Waals surface area contributed by atoms with E-state index in [0.717, 1.165) is 31.2 Å². The van der Waals surface area contributed by atoms with E-state index < -0.39 is 5.60 Å². The fourth-order valence-corrected chi connectivity index (χ4v) is 5.26. The largest absolute Gasteiger partial charge is 0.472 e. The Kier molecular flexibility index (Phi) is 5.55. The first-order valence-electron chi connectivity index (χ1n) is 11.4. The monoisotopic (exact) mass is 436 g/mol. The molecule has 168 valence electrons. The van der Waals surface area contributed by atoms with E-state index in [9.17, 15) is 14.7 Å². The molecule has 2 atom stereocenters. The summed E-state index contributed by atoms with van der Waals surface area (Å²) in [6.45, 7) is 1.12. The standard InChI is InChI=1S/C24H28N4O4/c29-22(19-5-2-1-4-18(19)17-7-13-32-14-17)27-11-8-24(31,9-12-27)15-28-16-26-20-6-3-10-25-21(20)23(28)30/h3,6-7,10,13-14,16,18-19,31H,1-2,4-5,8-9,11-12,15H2. The predicted molar refractivity (Wildman–Crippen MR) is 118 cm³/mol. The average Bonchev–Trinajstić information content (AvgIpc) is 3.36. The SMILES string of the molecule is O=C(C1CCCCC1c1ccoc1)N1CCC(O)(Cn2cnc3cccnc3c2=O)CC1. The Bertz CT molecular complexity index is 1150. The second-order valence-corrected chi connectivity index (χ2v) is 9.15. The quantitative estimate of drug-likeness (QED) is 0.675. The van der Waals surface area contributed by atoms with E-state index in [1.54, 1.807) is 30.9 Å². The molecule has 3 aromatic heterocycles. The van der Waals surface area contributed by atoms with Crippen LogP contribution in [0.15, 0.2) is 52.5 Å². The summed E-state index contributed by atoms with van der Waals surface area (Å²) >= 11 is 0. The first kappa shape index (κ1) is 20.9. The highest BCUT2D eigenvalue weighted by atomic mass is 16.3. The molecule has 1 aliphatic carbocycles. The number of aromatic nitrogens is 3. The van der Waals surface area contributed by atoms with Gasteiger partial charge in [-0.15, -0.1) is 0 Å². The summed E-state index contributed by atoms with van der Waals surface area (Å²) in [4.78, 5) is 36.4. The number of nitrogens with zero attached hydrogens (tertiary/aromatic N) is 4. The number of hydrogen-bond donors (Lipinski definition) is 1. The van der Waals surface area contributed by atoms with Gasteiger partial charge < -0.3 is 14.4 Å². The number of carbonyl (C=O) groups excluding carboxylic acids is 1. The number of amides is 1. The van der Waals surface area contributed by atoms with Crippen molar-refractivity contribution in [1.29, 1.82) is 0 Å². The minimum absolute atomic E-state index is 0.0362. The normalized spacial score (nSPS) is 23.3. The molecule has 0 spiro atoms. The van der Waals surface area contributed by atoms with E-state index in [4.69, 9.17) is 4.42 Å². The topological polar surface area (TPSA) is 101 Å². The highest BCUT2D eigenvalue weighted by molar-refractivity contribution is 5.80. The van der Waals surface area contributed by atoms with Crippen LogP contribution < -0.4 is 5.56 Å². The lowest BCUT2D eigenvalue weighted by atomic mass is 9.75. The van der Waals surface area contributed by atoms with Gasteiger partial charge in [-0.2, -0.15) is 0 Å². The molecule has 0 aromatic carbocycles. The van der Waals surface area contributed by atoms with Crippen LogP contribution in [-0.4, -0.2) is 49.1 Å². The van der Waals surface area contributed by atoms with Crippen LogP contribution in [0.4, 0.5) is 0 Å². The molecule has 0 radical (unpaired) electrons. The van der Waals surface area contributed by atoms with Gasteiger partial charge in [-0.1, -0.05) is 12.8 Å². The molecule has 8 heteroatoms. The number of carbonyl (C=O) groups is 1. The van der Waals surface area contributed by atoms with Crippen molar-refractivity contribution >= 4 is 16.9 Å². The number of fused-ring (bicyclic) bond motifs is 1. The van der Waals surface area contributed by atoms with Gasteiger partial charge >= 0.3 is 0 Å². The molecule has 8 nitrogen and oxygen atoms in total. The number of rotatable bonds is 4. The lowest BCUT2D eigenvalue weighted by Crippen LogP contribution is -2.51. The highest BCUT2D eigenvalue weighted by Gasteiger charge is 2.39. The summed E-state index contributed by atoms with van der Waals surface area (Å²) in [5.74, 6) is 0.336. The molecular weight excluding hydrogens is 408 g/mol. The van der Waals surface area contributed by atoms with Gasteiger partial charge in [-0.05, 0) is 55.4 Å². The van der Waals surface area contributed by atoms with Crippen molar-refractivity contribution in [3.63, 3.8) is 0 Å². The van der Waals surface area contributed by atoms with E-state index in [1.807, 2.05) is 11.0 Å². The molecule has 1 N–H and O–H groups in total. The molecule has 1 aliphatic heterocycles. The zero-order valence-corrected chi connectivity index (χ0v) is 18.0. The Labute approximate surface area is 185 Å². The van der Waals surface area contributed by atoms with Gasteiger partial charge in [0.05, 0.1) is 36.5 Å². The first-order chi connectivity index (χ1) is 15.5. The maximum atomic E-state index is 13.4. The van der Waals surface area contributed by atoms with Crippen molar-refractivity contribution in [3.05, 3.63) is 59.2 Å². The van der Waals surface area contributed by atoms with Gasteiger partial charge in [-0.3, -0.25) is 14.2 Å². The third kappa shape index (κ3) is 3.95. The van der Waals surface area contributed by atoms with Crippen molar-refractivity contribution in [2.24, 2.45) is 5.92 Å². The van der Waals surface area contributed by atoms with E-state index >= 15 is 0 Å². The second kappa shape index (κ2) is 8.50. The summed E-state index contributed by atoms with van der Waals surface area (Å²) in [7, 11) is 0. The Balaban J connectivity index is 1.27. The van der Waals surface area contributed by atoms with Gasteiger partial charge in [0, 0.05) is 25.2 Å². The second-order valence-electron chi connectivity index (χ2n) is 9.15. The molecular formula is C24H28N4O4. The van der Waals surface area contributed by atoms with Crippen molar-refractivity contribution in [1.82, 2.24) is 19.4 Å². The summed E-state index contributed by atoms with van der Waals surface area (Å²) < 4.78 is 6.70. The van der Waals surface area contributed by atoms with E-state index in [2.05, 4.69) is 9.97 Å². The molecule has 2 aliphatic rings. The minimum Gasteiger partial charge on any atom is -0.472 e. The molecule has 1 saturated heterocycles. The van der Waals surface area contributed by atoms with Crippen LogP contribution in [0.25, 0.3) is 11.0 Å². The van der Waals surface area contributed by atoms with Crippen LogP contribution in [0.1, 0.15) is 50.0 Å². The third-order valence-corrected chi connectivity index (χ3v) is 7.11. The molecule has 5 rings (SSSR count). The molecule has 0 bridgehead atoms. The van der Waals surface area contributed by atoms with Crippen LogP contribution in [-0.2, 0) is 11.3 Å². The van der Waals surface area contributed by atoms with Crippen LogP contribution in [0, 0.1) is 5.92 Å². The van der Waals surface area contributed by atoms with E-state index in [0.29, 0.717) is 37.0 Å². The number of hydrogen-bond acceptors (Lipinski definition) is 6. The Morgan fingerprint density at radius 1 is 1.19 bits per heavy atom. The van der Waals surface area contributed by atoms with Gasteiger partial charge in [0.1, 0.15) is 0 Å². The van der Waals surface area contributed by atoms with Crippen LogP contribution in [0.2, 0.25) is 0 Å². The first-order valence-corrected chi connectivity index (χ1v) is 11.4. The van der Waals surface area contributed by atoms with Crippen molar-refractivity contribution in [2.75, 3.05) is 13.1 Å². The summed E-state index contributed by atoms with van der Waals surface area (Å²) in [5.41, 5.74) is 0.636. The van der Waals surface area contributed by atoms with Crippen molar-refractivity contribution in [2.45, 2.75) is 56.6 Å². The number of likely N-dealkylation sites (tertiary alicyclic amines) is 1. The summed E-state index contributed by atoms with van der Waals surface area (Å²) in [5, 5.41) is 11.2. The number of pyridine rings is 1. The van der Waals surface area contributed by atoms with Crippen LogP contribution in [0.3, 0.4) is 0 Å². The third-order valence-electron chi connectivity index (χ3n) is 7.11. The Morgan fingerprint density at radius 2 is 2.00 bits per heavy atom. The number of furan rings is 1. The van der Waals surface area contributed by atoms with Gasteiger partial charge in [0.2, 0.25) is 5.91 Å². The number of piperidine rings is 1. The van der Waals surface area contributed by atoms with E-state index in [1.165, 1.54) is 10.9 Å². The minimum atomic E-state index is -1.05. The lowest BCUT2D eigenvalue weighted by Gasteiger charge is -2.41.